The maximum absolute atomic E-state index is 11.7. The van der Waals surface area contributed by atoms with E-state index < -0.39 is 0 Å². The largest absolute Gasteiger partial charge is 0.356 e. The van der Waals surface area contributed by atoms with Crippen LogP contribution in [0.1, 0.15) is 25.5 Å². The van der Waals surface area contributed by atoms with E-state index in [0.29, 0.717) is 0 Å². The van der Waals surface area contributed by atoms with Crippen LogP contribution in [-0.4, -0.2) is 60.5 Å². The van der Waals surface area contributed by atoms with Crippen molar-refractivity contribution >= 4 is 11.9 Å². The average Bonchev–Trinajstić information content (AvgIpc) is 2.87. The highest BCUT2D eigenvalue weighted by molar-refractivity contribution is 5.84. The number of carbonyl (C=O) groups is 1. The molecule has 0 radical (unpaired) electrons. The van der Waals surface area contributed by atoms with E-state index in [4.69, 9.17) is 0 Å². The van der Waals surface area contributed by atoms with Crippen molar-refractivity contribution in [1.29, 1.82) is 0 Å². The molecule has 1 N–H and O–H groups in total. The number of nitrogens with one attached hydrogen (secondary N) is 1. The molecule has 0 aromatic carbocycles. The van der Waals surface area contributed by atoms with Crippen molar-refractivity contribution in [2.75, 3.05) is 34.2 Å². The van der Waals surface area contributed by atoms with E-state index in [9.17, 15) is 4.79 Å². The van der Waals surface area contributed by atoms with E-state index in [-0.39, 0.29) is 12.5 Å². The van der Waals surface area contributed by atoms with Gasteiger partial charge in [0.2, 0.25) is 5.91 Å². The number of amides is 1. The third kappa shape index (κ3) is 5.79. The monoisotopic (exact) mass is 307 g/mol. The summed E-state index contributed by atoms with van der Waals surface area (Å²) in [6.07, 6.45) is 4.23. The van der Waals surface area contributed by atoms with E-state index in [0.717, 1.165) is 31.9 Å². The number of nitrogens with zero attached hydrogens (tertiary/aromatic N) is 4. The number of aryl methyl sites for hydroxylation is 1. The third-order valence-electron chi connectivity index (χ3n) is 3.49. The molecule has 0 unspecified atom stereocenters. The summed E-state index contributed by atoms with van der Waals surface area (Å²) in [6.45, 7) is 3.93. The van der Waals surface area contributed by atoms with Gasteiger partial charge in [0.1, 0.15) is 6.54 Å². The van der Waals surface area contributed by atoms with Crippen LogP contribution in [0.5, 0.6) is 0 Å². The number of aromatic nitrogens is 1. The Morgan fingerprint density at radius 2 is 2.09 bits per heavy atom. The lowest BCUT2D eigenvalue weighted by molar-refractivity contribution is -0.127. The summed E-state index contributed by atoms with van der Waals surface area (Å²) in [5.41, 5.74) is 1.20. The Morgan fingerprint density at radius 1 is 1.36 bits per heavy atom. The fourth-order valence-electron chi connectivity index (χ4n) is 1.95. The second kappa shape index (κ2) is 9.12. The summed E-state index contributed by atoms with van der Waals surface area (Å²) in [5, 5.41) is 3.34. The lowest BCUT2D eigenvalue weighted by Crippen LogP contribution is -2.40. The minimum Gasteiger partial charge on any atom is -0.356 e. The highest BCUT2D eigenvalue weighted by atomic mass is 16.2. The molecule has 0 fully saturated rings. The zero-order chi connectivity index (χ0) is 16.5. The van der Waals surface area contributed by atoms with E-state index in [1.807, 2.05) is 31.3 Å². The van der Waals surface area contributed by atoms with Crippen LogP contribution in [0.15, 0.2) is 23.3 Å². The summed E-state index contributed by atoms with van der Waals surface area (Å²) < 4.78 is 2.09. The second-order valence-electron chi connectivity index (χ2n) is 5.67. The van der Waals surface area contributed by atoms with Crippen LogP contribution in [0.3, 0.4) is 0 Å². The van der Waals surface area contributed by atoms with E-state index in [2.05, 4.69) is 27.9 Å². The van der Waals surface area contributed by atoms with Crippen molar-refractivity contribution in [3.05, 3.63) is 24.0 Å². The molecule has 1 amide bonds. The van der Waals surface area contributed by atoms with E-state index in [1.54, 1.807) is 19.0 Å². The number of unbranched alkanes of at least 4 members (excludes halogenated alkanes) is 1. The summed E-state index contributed by atoms with van der Waals surface area (Å²) in [4.78, 5) is 19.8. The molecule has 0 spiro atoms. The lowest BCUT2D eigenvalue weighted by atomic mass is 10.3. The molecule has 0 aliphatic heterocycles. The van der Waals surface area contributed by atoms with E-state index >= 15 is 0 Å². The molecule has 0 aliphatic rings. The molecule has 6 heteroatoms. The quantitative estimate of drug-likeness (QED) is 0.469. The SMILES string of the molecule is CCCCNC(=NCC(=O)N(C)C)N(C)Cc1cccn1C. The Labute approximate surface area is 133 Å². The zero-order valence-corrected chi connectivity index (χ0v) is 14.5. The Kier molecular flexibility index (Phi) is 7.49. The van der Waals surface area contributed by atoms with Crippen LogP contribution in [-0.2, 0) is 18.4 Å². The summed E-state index contributed by atoms with van der Waals surface area (Å²) in [7, 11) is 7.51. The smallest absolute Gasteiger partial charge is 0.243 e. The molecule has 1 rings (SSSR count). The van der Waals surface area contributed by atoms with Gasteiger partial charge in [0.15, 0.2) is 5.96 Å². The van der Waals surface area contributed by atoms with Crippen LogP contribution < -0.4 is 5.32 Å². The second-order valence-corrected chi connectivity index (χ2v) is 5.67. The minimum absolute atomic E-state index is 0.00191. The fraction of sp³-hybridized carbons (Fsp3) is 0.625. The number of hydrogen-bond donors (Lipinski definition) is 1. The zero-order valence-electron chi connectivity index (χ0n) is 14.5. The first kappa shape index (κ1) is 18.1. The van der Waals surface area contributed by atoms with Crippen molar-refractivity contribution < 1.29 is 4.79 Å². The normalized spacial score (nSPS) is 11.4. The Morgan fingerprint density at radius 3 is 2.64 bits per heavy atom. The summed E-state index contributed by atoms with van der Waals surface area (Å²) in [5.74, 6) is 0.770. The van der Waals surface area contributed by atoms with Gasteiger partial charge >= 0.3 is 0 Å². The topological polar surface area (TPSA) is 52.9 Å². The highest BCUT2D eigenvalue weighted by Gasteiger charge is 2.10. The van der Waals surface area contributed by atoms with Gasteiger partial charge in [0.25, 0.3) is 0 Å². The standard InChI is InChI=1S/C16H29N5O/c1-6-7-10-17-16(18-12-15(22)19(2)3)21(5)13-14-9-8-11-20(14)4/h8-9,11H,6-7,10,12-13H2,1-5H3,(H,17,18). The van der Waals surface area contributed by atoms with Gasteiger partial charge in [-0.3, -0.25) is 4.79 Å². The van der Waals surface area contributed by atoms with Crippen molar-refractivity contribution in [1.82, 2.24) is 19.7 Å². The minimum atomic E-state index is 0.00191. The van der Waals surface area contributed by atoms with Gasteiger partial charge in [-0.05, 0) is 18.6 Å². The molecule has 1 aromatic rings. The maximum atomic E-state index is 11.7. The molecular weight excluding hydrogens is 278 g/mol. The predicted octanol–water partition coefficient (Wildman–Crippen LogP) is 1.29. The van der Waals surface area contributed by atoms with Gasteiger partial charge in [-0.1, -0.05) is 13.3 Å². The van der Waals surface area contributed by atoms with Crippen molar-refractivity contribution in [2.45, 2.75) is 26.3 Å². The first-order chi connectivity index (χ1) is 10.5. The Bertz CT molecular complexity index is 492. The van der Waals surface area contributed by atoms with Crippen LogP contribution in [0.25, 0.3) is 0 Å². The summed E-state index contributed by atoms with van der Waals surface area (Å²) >= 11 is 0. The third-order valence-corrected chi connectivity index (χ3v) is 3.49. The van der Waals surface area contributed by atoms with Crippen LogP contribution in [0, 0.1) is 0 Å². The van der Waals surface area contributed by atoms with Crippen LogP contribution >= 0.6 is 0 Å². The number of hydrogen-bond acceptors (Lipinski definition) is 2. The van der Waals surface area contributed by atoms with Gasteiger partial charge in [-0.2, -0.15) is 0 Å². The molecular formula is C16H29N5O. The van der Waals surface area contributed by atoms with Gasteiger partial charge < -0.3 is 19.7 Å². The fourth-order valence-corrected chi connectivity index (χ4v) is 1.95. The first-order valence-electron chi connectivity index (χ1n) is 7.75. The Hall–Kier alpha value is -1.98. The first-order valence-corrected chi connectivity index (χ1v) is 7.75. The number of rotatable bonds is 7. The van der Waals surface area contributed by atoms with Crippen LogP contribution in [0.2, 0.25) is 0 Å². The molecule has 6 nitrogen and oxygen atoms in total. The Balaban J connectivity index is 2.72. The molecule has 0 saturated carbocycles. The van der Waals surface area contributed by atoms with Gasteiger partial charge in [-0.25, -0.2) is 4.99 Å². The van der Waals surface area contributed by atoms with E-state index in [1.165, 1.54) is 5.69 Å². The molecule has 0 bridgehead atoms. The highest BCUT2D eigenvalue weighted by Crippen LogP contribution is 2.04. The molecule has 1 heterocycles. The average molecular weight is 307 g/mol. The molecule has 1 aromatic heterocycles. The van der Waals surface area contributed by atoms with Gasteiger partial charge in [-0.15, -0.1) is 0 Å². The number of likely N-dealkylation sites (N-methyl/N-ethyl adjacent to an activating group) is 1. The predicted molar refractivity (Wildman–Crippen MR) is 90.8 cm³/mol. The van der Waals surface area contributed by atoms with Gasteiger partial charge in [0, 0.05) is 46.6 Å². The number of carbonyl (C=O) groups excluding carboxylic acids is 1. The van der Waals surface area contributed by atoms with Crippen molar-refractivity contribution in [3.8, 4) is 0 Å². The van der Waals surface area contributed by atoms with Crippen molar-refractivity contribution in [3.63, 3.8) is 0 Å². The molecule has 0 aliphatic carbocycles. The molecule has 22 heavy (non-hydrogen) atoms. The molecule has 0 saturated heterocycles. The lowest BCUT2D eigenvalue weighted by Gasteiger charge is -2.23. The van der Waals surface area contributed by atoms with Gasteiger partial charge in [0.05, 0.1) is 6.54 Å². The molecule has 124 valence electrons. The number of aliphatic imine (C=N–C) groups is 1. The molecule has 0 atom stereocenters. The summed E-state index contributed by atoms with van der Waals surface area (Å²) in [6, 6.07) is 4.12. The van der Waals surface area contributed by atoms with Crippen molar-refractivity contribution in [2.24, 2.45) is 12.0 Å². The maximum Gasteiger partial charge on any atom is 0.243 e. The van der Waals surface area contributed by atoms with Crippen LogP contribution in [0.4, 0.5) is 0 Å². The number of guanidine groups is 1.